The highest BCUT2D eigenvalue weighted by molar-refractivity contribution is 8.04. The molecule has 0 aromatic carbocycles. The van der Waals surface area contributed by atoms with Crippen molar-refractivity contribution in [3.63, 3.8) is 0 Å². The summed E-state index contributed by atoms with van der Waals surface area (Å²) in [4.78, 5) is 29.3. The third kappa shape index (κ3) is 7.63. The largest absolute Gasteiger partial charge is 0.469 e. The molecule has 0 aromatic heterocycles. The monoisotopic (exact) mass is 523 g/mol. The zero-order valence-corrected chi connectivity index (χ0v) is 23.9. The van der Waals surface area contributed by atoms with Crippen molar-refractivity contribution < 1.29 is 23.4 Å². The Morgan fingerprint density at radius 2 is 1.71 bits per heavy atom. The molecular weight excluding hydrogens is 481 g/mol. The van der Waals surface area contributed by atoms with Crippen molar-refractivity contribution in [2.75, 3.05) is 26.5 Å². The maximum absolute atomic E-state index is 14.1. The lowest BCUT2D eigenvalue weighted by atomic mass is 9.82. The minimum absolute atomic E-state index is 0.000718. The van der Waals surface area contributed by atoms with Crippen molar-refractivity contribution in [2.45, 2.75) is 90.4 Å². The van der Waals surface area contributed by atoms with E-state index in [1.807, 2.05) is 4.90 Å². The lowest BCUT2D eigenvalue weighted by Gasteiger charge is -2.40. The molecule has 3 aliphatic rings. The van der Waals surface area contributed by atoms with E-state index in [-0.39, 0.29) is 40.9 Å². The Morgan fingerprint density at radius 1 is 1.09 bits per heavy atom. The van der Waals surface area contributed by atoms with Crippen molar-refractivity contribution in [1.82, 2.24) is 4.90 Å². The van der Waals surface area contributed by atoms with Gasteiger partial charge in [0, 0.05) is 53.8 Å². The fourth-order valence-corrected chi connectivity index (χ4v) is 8.35. The molecule has 3 rings (SSSR count). The second kappa shape index (κ2) is 11.9. The van der Waals surface area contributed by atoms with E-state index in [0.29, 0.717) is 37.5 Å². The van der Waals surface area contributed by atoms with Crippen LogP contribution in [0.4, 0.5) is 0 Å². The summed E-state index contributed by atoms with van der Waals surface area (Å²) in [5.74, 6) is 7.24. The normalized spacial score (nSPS) is 31.5. The molecule has 2 heterocycles. The van der Waals surface area contributed by atoms with Crippen LogP contribution < -0.4 is 0 Å². The highest BCUT2D eigenvalue weighted by Gasteiger charge is 2.41. The van der Waals surface area contributed by atoms with Crippen molar-refractivity contribution >= 4 is 31.0 Å². The molecule has 1 saturated carbocycles. The molecule has 6 nitrogen and oxygen atoms in total. The van der Waals surface area contributed by atoms with Gasteiger partial charge in [-0.05, 0) is 65.2 Å². The Bertz CT molecular complexity index is 923. The van der Waals surface area contributed by atoms with Gasteiger partial charge < -0.3 is 14.2 Å². The highest BCUT2D eigenvalue weighted by atomic mass is 32.2. The number of methoxy groups -OCH3 is 1. The number of hydrogen-bond acceptors (Lipinski definition) is 6. The number of carbonyl (C=O) groups is 2. The second-order valence-electron chi connectivity index (χ2n) is 11.3. The minimum Gasteiger partial charge on any atom is -0.469 e. The Hall–Kier alpha value is -1.22. The summed E-state index contributed by atoms with van der Waals surface area (Å²) in [6.07, 6.45) is 6.99. The Balaban J connectivity index is 1.94. The van der Waals surface area contributed by atoms with Gasteiger partial charge >= 0.3 is 5.97 Å². The average Bonchev–Trinajstić information content (AvgIpc) is 3.21. The van der Waals surface area contributed by atoms with Gasteiger partial charge in [-0.1, -0.05) is 18.8 Å². The van der Waals surface area contributed by atoms with Gasteiger partial charge in [0.25, 0.3) is 0 Å². The van der Waals surface area contributed by atoms with Crippen LogP contribution in [-0.4, -0.2) is 54.6 Å². The highest BCUT2D eigenvalue weighted by Crippen LogP contribution is 2.53. The second-order valence-corrected chi connectivity index (χ2v) is 15.5. The molecule has 1 amide bonds. The SMILES string of the molecule is COC(=O)CC1=C(N(C(=O)C2CCC(C)CC2)C2CCP(=O)(OC)CC2)CC(C#CC(C)(C)C)S1. The molecule has 1 unspecified atom stereocenters. The summed E-state index contributed by atoms with van der Waals surface area (Å²) in [5, 5.41) is -0.000718. The van der Waals surface area contributed by atoms with Crippen molar-refractivity contribution in [3.8, 4) is 11.8 Å². The van der Waals surface area contributed by atoms with Crippen LogP contribution in [-0.2, 0) is 23.4 Å². The first kappa shape index (κ1) is 28.4. The van der Waals surface area contributed by atoms with Gasteiger partial charge in [-0.2, -0.15) is 0 Å². The van der Waals surface area contributed by atoms with E-state index in [9.17, 15) is 14.2 Å². The quantitative estimate of drug-likeness (QED) is 0.239. The fraction of sp³-hybridized carbons (Fsp3) is 0.778. The van der Waals surface area contributed by atoms with Crippen molar-refractivity contribution in [3.05, 3.63) is 10.6 Å². The molecule has 0 radical (unpaired) electrons. The summed E-state index contributed by atoms with van der Waals surface area (Å²) in [6.45, 7) is 8.50. The van der Waals surface area contributed by atoms with E-state index in [2.05, 4.69) is 39.5 Å². The molecule has 35 heavy (non-hydrogen) atoms. The van der Waals surface area contributed by atoms with Gasteiger partial charge in [-0.25, -0.2) is 0 Å². The number of thioether (sulfide) groups is 1. The molecular formula is C27H42NO5PS. The van der Waals surface area contributed by atoms with Crippen LogP contribution in [0, 0.1) is 29.1 Å². The topological polar surface area (TPSA) is 72.9 Å². The molecule has 0 N–H and O–H groups in total. The van der Waals surface area contributed by atoms with Crippen LogP contribution >= 0.6 is 19.1 Å². The number of ether oxygens (including phenoxy) is 1. The average molecular weight is 524 g/mol. The van der Waals surface area contributed by atoms with Gasteiger partial charge in [0.1, 0.15) is 0 Å². The van der Waals surface area contributed by atoms with Crippen LogP contribution in [0.3, 0.4) is 0 Å². The molecule has 1 saturated heterocycles. The lowest BCUT2D eigenvalue weighted by Crippen LogP contribution is -2.46. The maximum Gasteiger partial charge on any atom is 0.310 e. The molecule has 2 fully saturated rings. The van der Waals surface area contributed by atoms with E-state index >= 15 is 0 Å². The zero-order chi connectivity index (χ0) is 25.8. The van der Waals surface area contributed by atoms with Crippen molar-refractivity contribution in [2.24, 2.45) is 17.3 Å². The van der Waals surface area contributed by atoms with Crippen molar-refractivity contribution in [1.29, 1.82) is 0 Å². The molecule has 2 aliphatic heterocycles. The molecule has 0 bridgehead atoms. The number of carbonyl (C=O) groups excluding carboxylic acids is 2. The molecule has 0 aromatic rings. The zero-order valence-electron chi connectivity index (χ0n) is 22.2. The van der Waals surface area contributed by atoms with Gasteiger partial charge in [0.05, 0.1) is 18.8 Å². The number of hydrogen-bond donors (Lipinski definition) is 0. The summed E-state index contributed by atoms with van der Waals surface area (Å²) < 4.78 is 23.2. The number of esters is 1. The van der Waals surface area contributed by atoms with Crippen LogP contribution in [0.5, 0.6) is 0 Å². The van der Waals surface area contributed by atoms with Gasteiger partial charge in [-0.15, -0.1) is 11.8 Å². The Morgan fingerprint density at radius 3 is 2.26 bits per heavy atom. The Labute approximate surface area is 215 Å². The van der Waals surface area contributed by atoms with Gasteiger partial charge in [0.15, 0.2) is 0 Å². The first-order valence-electron chi connectivity index (χ1n) is 12.9. The first-order chi connectivity index (χ1) is 16.4. The van der Waals surface area contributed by atoms with E-state index in [1.54, 1.807) is 11.8 Å². The summed E-state index contributed by atoms with van der Waals surface area (Å²) in [7, 11) is 0.308. The van der Waals surface area contributed by atoms with E-state index < -0.39 is 7.37 Å². The number of allylic oxidation sites excluding steroid dienone is 1. The summed E-state index contributed by atoms with van der Waals surface area (Å²) >= 11 is 1.60. The summed E-state index contributed by atoms with van der Waals surface area (Å²) in [6, 6.07) is -0.0309. The Kier molecular flexibility index (Phi) is 9.63. The predicted octanol–water partition coefficient (Wildman–Crippen LogP) is 6.06. The summed E-state index contributed by atoms with van der Waals surface area (Å²) in [5.41, 5.74) is 0.807. The molecule has 1 aliphatic carbocycles. The smallest absolute Gasteiger partial charge is 0.310 e. The fourth-order valence-electron chi connectivity index (χ4n) is 5.15. The first-order valence-corrected chi connectivity index (χ1v) is 15.8. The molecule has 8 heteroatoms. The standard InChI is InChI=1S/C27H42NO5PS/c1-19-7-9-20(10-8-19)26(30)28(21-12-15-34(31,33-6)16-13-21)23-17-22(11-14-27(2,3)4)35-24(23)18-25(29)32-5/h19-22H,7-10,12-13,15-18H2,1-6H3. The number of nitrogens with zero attached hydrogens (tertiary/aromatic N) is 1. The minimum atomic E-state index is -2.61. The third-order valence-corrected chi connectivity index (χ3v) is 11.1. The van der Waals surface area contributed by atoms with E-state index in [0.717, 1.165) is 36.3 Å². The molecule has 196 valence electrons. The van der Waals surface area contributed by atoms with Crippen LogP contribution in [0.1, 0.15) is 79.1 Å². The van der Waals surface area contributed by atoms with Gasteiger partial charge in [0.2, 0.25) is 13.3 Å². The predicted molar refractivity (Wildman–Crippen MR) is 142 cm³/mol. The van der Waals surface area contributed by atoms with E-state index in [4.69, 9.17) is 9.26 Å². The maximum atomic E-state index is 14.1. The lowest BCUT2D eigenvalue weighted by molar-refractivity contribution is -0.140. The van der Waals surface area contributed by atoms with Gasteiger partial charge in [-0.3, -0.25) is 14.2 Å². The number of rotatable bonds is 6. The molecule has 0 spiro atoms. The number of amides is 1. The molecule has 1 atom stereocenters. The van der Waals surface area contributed by atoms with E-state index in [1.165, 1.54) is 14.2 Å². The van der Waals surface area contributed by atoms with Crippen LogP contribution in [0.2, 0.25) is 0 Å². The third-order valence-electron chi connectivity index (χ3n) is 7.32. The van der Waals surface area contributed by atoms with Crippen LogP contribution in [0.25, 0.3) is 0 Å². The van der Waals surface area contributed by atoms with Crippen LogP contribution in [0.15, 0.2) is 10.6 Å².